The SMILES string of the molecule is O=C(O)c1ccnc(C(=O)O)c1.[NaH]. The van der Waals surface area contributed by atoms with Crippen molar-refractivity contribution < 1.29 is 19.8 Å². The molecule has 0 unspecified atom stereocenters. The monoisotopic (exact) mass is 191 g/mol. The van der Waals surface area contributed by atoms with Gasteiger partial charge in [0.25, 0.3) is 0 Å². The van der Waals surface area contributed by atoms with Gasteiger partial charge in [-0.15, -0.1) is 0 Å². The van der Waals surface area contributed by atoms with Crippen LogP contribution in [0.5, 0.6) is 0 Å². The zero-order valence-corrected chi connectivity index (χ0v) is 5.89. The Bertz CT molecular complexity index is 310. The Morgan fingerprint density at radius 3 is 2.31 bits per heavy atom. The molecule has 0 amide bonds. The Morgan fingerprint density at radius 2 is 1.85 bits per heavy atom. The summed E-state index contributed by atoms with van der Waals surface area (Å²) in [5.74, 6) is -2.40. The molecule has 13 heavy (non-hydrogen) atoms. The van der Waals surface area contributed by atoms with Crippen molar-refractivity contribution in [3.63, 3.8) is 0 Å². The van der Waals surface area contributed by atoms with Crippen LogP contribution in [0, 0.1) is 0 Å². The molecule has 0 fully saturated rings. The van der Waals surface area contributed by atoms with Gasteiger partial charge in [0, 0.05) is 6.20 Å². The molecule has 0 saturated carbocycles. The molecule has 1 aromatic heterocycles. The fourth-order valence-corrected chi connectivity index (χ4v) is 0.681. The van der Waals surface area contributed by atoms with E-state index in [0.29, 0.717) is 0 Å². The molecule has 6 heteroatoms. The quantitative estimate of drug-likeness (QED) is 0.633. The third-order valence-corrected chi connectivity index (χ3v) is 1.23. The van der Waals surface area contributed by atoms with Crippen LogP contribution in [-0.2, 0) is 0 Å². The van der Waals surface area contributed by atoms with Crippen LogP contribution in [0.3, 0.4) is 0 Å². The first-order chi connectivity index (χ1) is 5.61. The normalized spacial score (nSPS) is 8.62. The van der Waals surface area contributed by atoms with E-state index >= 15 is 0 Å². The molecule has 64 valence electrons. The van der Waals surface area contributed by atoms with E-state index in [1.54, 1.807) is 0 Å². The van der Waals surface area contributed by atoms with Crippen LogP contribution < -0.4 is 0 Å². The van der Waals surface area contributed by atoms with E-state index in [-0.39, 0.29) is 40.8 Å². The van der Waals surface area contributed by atoms with Crippen molar-refractivity contribution in [2.24, 2.45) is 0 Å². The van der Waals surface area contributed by atoms with Crippen LogP contribution in [0.25, 0.3) is 0 Å². The minimum absolute atomic E-state index is 0. The molecule has 0 aliphatic rings. The van der Waals surface area contributed by atoms with Crippen LogP contribution in [0.1, 0.15) is 20.8 Å². The fourth-order valence-electron chi connectivity index (χ4n) is 0.681. The van der Waals surface area contributed by atoms with Gasteiger partial charge in [-0.2, -0.15) is 0 Å². The minimum atomic E-state index is -1.24. The summed E-state index contributed by atoms with van der Waals surface area (Å²) in [5.41, 5.74) is -0.350. The summed E-state index contributed by atoms with van der Waals surface area (Å²) < 4.78 is 0. The fraction of sp³-hybridized carbons (Fsp3) is 0. The first-order valence-corrected chi connectivity index (χ1v) is 3.04. The molecule has 5 nitrogen and oxygen atoms in total. The maximum atomic E-state index is 10.4. The van der Waals surface area contributed by atoms with Crippen LogP contribution >= 0.6 is 0 Å². The van der Waals surface area contributed by atoms with Crippen LogP contribution in [0.2, 0.25) is 0 Å². The molecule has 0 saturated heterocycles. The van der Waals surface area contributed by atoms with Crippen molar-refractivity contribution in [1.29, 1.82) is 0 Å². The zero-order chi connectivity index (χ0) is 9.14. The van der Waals surface area contributed by atoms with E-state index in [9.17, 15) is 9.59 Å². The van der Waals surface area contributed by atoms with Gasteiger partial charge in [0.1, 0.15) is 5.69 Å². The number of carboxylic acid groups (broad SMARTS) is 2. The van der Waals surface area contributed by atoms with Crippen LogP contribution in [0.15, 0.2) is 18.3 Å². The van der Waals surface area contributed by atoms with Crippen molar-refractivity contribution >= 4 is 41.5 Å². The molecular formula is C7H6NNaO4. The third kappa shape index (κ3) is 3.14. The third-order valence-electron chi connectivity index (χ3n) is 1.23. The van der Waals surface area contributed by atoms with Gasteiger partial charge < -0.3 is 10.2 Å². The summed E-state index contributed by atoms with van der Waals surface area (Å²) >= 11 is 0. The van der Waals surface area contributed by atoms with Gasteiger partial charge in [-0.25, -0.2) is 14.6 Å². The first-order valence-electron chi connectivity index (χ1n) is 3.04. The van der Waals surface area contributed by atoms with E-state index < -0.39 is 11.9 Å². The average molecular weight is 191 g/mol. The predicted molar refractivity (Wildman–Crippen MR) is 45.3 cm³/mol. The van der Waals surface area contributed by atoms with Crippen LogP contribution in [0.4, 0.5) is 0 Å². The Morgan fingerprint density at radius 1 is 1.23 bits per heavy atom. The predicted octanol–water partition coefficient (Wildman–Crippen LogP) is -0.171. The maximum absolute atomic E-state index is 10.4. The van der Waals surface area contributed by atoms with Gasteiger partial charge in [-0.05, 0) is 12.1 Å². The molecule has 0 aliphatic carbocycles. The van der Waals surface area contributed by atoms with Gasteiger partial charge in [-0.1, -0.05) is 0 Å². The number of hydrogen-bond donors (Lipinski definition) is 2. The van der Waals surface area contributed by atoms with E-state index in [4.69, 9.17) is 10.2 Å². The number of hydrogen-bond acceptors (Lipinski definition) is 3. The summed E-state index contributed by atoms with van der Waals surface area (Å²) in [6.45, 7) is 0. The Balaban J connectivity index is 0.00000144. The van der Waals surface area contributed by atoms with Crippen molar-refractivity contribution in [2.45, 2.75) is 0 Å². The first kappa shape index (κ1) is 12.1. The molecule has 0 radical (unpaired) electrons. The topological polar surface area (TPSA) is 87.5 Å². The Hall–Kier alpha value is -0.910. The van der Waals surface area contributed by atoms with Crippen molar-refractivity contribution in [3.8, 4) is 0 Å². The molecular weight excluding hydrogens is 185 g/mol. The van der Waals surface area contributed by atoms with Gasteiger partial charge in [0.15, 0.2) is 0 Å². The van der Waals surface area contributed by atoms with E-state index in [1.807, 2.05) is 0 Å². The Kier molecular flexibility index (Phi) is 4.61. The van der Waals surface area contributed by atoms with Gasteiger partial charge >= 0.3 is 41.5 Å². The molecule has 0 spiro atoms. The second-order valence-electron chi connectivity index (χ2n) is 2.04. The molecule has 0 aliphatic heterocycles. The van der Waals surface area contributed by atoms with E-state index in [0.717, 1.165) is 12.3 Å². The molecule has 1 heterocycles. The van der Waals surface area contributed by atoms with Gasteiger partial charge in [0.2, 0.25) is 0 Å². The summed E-state index contributed by atoms with van der Waals surface area (Å²) in [6.07, 6.45) is 1.15. The summed E-state index contributed by atoms with van der Waals surface area (Å²) in [4.78, 5) is 24.1. The summed E-state index contributed by atoms with van der Waals surface area (Å²) in [6, 6.07) is 2.24. The summed E-state index contributed by atoms with van der Waals surface area (Å²) in [7, 11) is 0. The van der Waals surface area contributed by atoms with E-state index in [1.165, 1.54) is 6.07 Å². The van der Waals surface area contributed by atoms with Gasteiger partial charge in [-0.3, -0.25) is 0 Å². The molecule has 1 rings (SSSR count). The van der Waals surface area contributed by atoms with Crippen LogP contribution in [-0.4, -0.2) is 56.7 Å². The number of aromatic carboxylic acids is 2. The van der Waals surface area contributed by atoms with E-state index in [2.05, 4.69) is 4.98 Å². The number of nitrogens with zero attached hydrogens (tertiary/aromatic N) is 1. The van der Waals surface area contributed by atoms with Crippen molar-refractivity contribution in [3.05, 3.63) is 29.6 Å². The molecule has 2 N–H and O–H groups in total. The zero-order valence-electron chi connectivity index (χ0n) is 5.89. The number of rotatable bonds is 2. The molecule has 0 atom stereocenters. The number of carboxylic acids is 2. The van der Waals surface area contributed by atoms with Gasteiger partial charge in [0.05, 0.1) is 5.56 Å². The number of aromatic nitrogens is 1. The molecule has 0 aromatic carbocycles. The average Bonchev–Trinajstić information content (AvgIpc) is 2.04. The number of pyridine rings is 1. The van der Waals surface area contributed by atoms with Crippen molar-refractivity contribution in [1.82, 2.24) is 4.98 Å². The number of carbonyl (C=O) groups is 2. The Labute approximate surface area is 95.7 Å². The van der Waals surface area contributed by atoms with Crippen molar-refractivity contribution in [2.75, 3.05) is 0 Å². The molecule has 0 bridgehead atoms. The second kappa shape index (κ2) is 4.96. The second-order valence-corrected chi connectivity index (χ2v) is 2.04. The summed E-state index contributed by atoms with van der Waals surface area (Å²) in [5, 5.41) is 16.9. The molecule has 1 aromatic rings. The standard InChI is InChI=1S/C7H5NO4.Na.H/c9-6(10)4-1-2-8-5(3-4)7(11)12;;/h1-3H,(H,9,10)(H,11,12);;.